The van der Waals surface area contributed by atoms with E-state index in [1.54, 1.807) is 25.1 Å². The summed E-state index contributed by atoms with van der Waals surface area (Å²) in [5, 5.41) is 16.3. The van der Waals surface area contributed by atoms with Crippen LogP contribution in [0.5, 0.6) is 11.5 Å². The largest absolute Gasteiger partial charge is 0.493 e. The molecule has 0 saturated heterocycles. The van der Waals surface area contributed by atoms with Gasteiger partial charge in [-0.15, -0.1) is 5.10 Å². The predicted molar refractivity (Wildman–Crippen MR) is 86.8 cm³/mol. The normalized spacial score (nSPS) is 11.3. The van der Waals surface area contributed by atoms with Crippen molar-refractivity contribution in [3.63, 3.8) is 0 Å². The first kappa shape index (κ1) is 16.9. The lowest BCUT2D eigenvalue weighted by Gasteiger charge is -2.09. The molecule has 2 aromatic rings. The first-order valence-electron chi connectivity index (χ1n) is 6.86. The Morgan fingerprint density at radius 1 is 1.43 bits per heavy atom. The Bertz CT molecular complexity index is 727. The molecule has 0 amide bonds. The number of thioether (sulfide) groups is 1. The zero-order chi connectivity index (χ0) is 16.8. The van der Waals surface area contributed by atoms with Gasteiger partial charge >= 0.3 is 5.97 Å². The van der Waals surface area contributed by atoms with E-state index in [0.29, 0.717) is 34.7 Å². The molecule has 0 fully saturated rings. The summed E-state index contributed by atoms with van der Waals surface area (Å²) in [6.07, 6.45) is 1.54. The Morgan fingerprint density at radius 3 is 2.78 bits per heavy atom. The first-order chi connectivity index (χ1) is 11.0. The van der Waals surface area contributed by atoms with Crippen LogP contribution < -0.4 is 9.47 Å². The van der Waals surface area contributed by atoms with Gasteiger partial charge in [-0.25, -0.2) is 9.78 Å². The number of rotatable bonds is 7. The van der Waals surface area contributed by atoms with Crippen LogP contribution in [0.2, 0.25) is 0 Å². The van der Waals surface area contributed by atoms with Gasteiger partial charge in [-0.2, -0.15) is 0 Å². The van der Waals surface area contributed by atoms with Crippen molar-refractivity contribution in [1.82, 2.24) is 15.2 Å². The number of hydrogen-bond acceptors (Lipinski definition) is 6. The summed E-state index contributed by atoms with van der Waals surface area (Å²) in [6.45, 7) is 4.15. The molecule has 23 heavy (non-hydrogen) atoms. The Balaban J connectivity index is 2.29. The molecular formula is C15H17N3O4S. The highest BCUT2D eigenvalue weighted by atomic mass is 32.2. The molecule has 0 atom stereocenters. The number of ether oxygens (including phenoxy) is 2. The topological polar surface area (TPSA) is 97.3 Å². The molecule has 1 aromatic heterocycles. The van der Waals surface area contributed by atoms with E-state index >= 15 is 0 Å². The molecule has 0 radical (unpaired) electrons. The molecule has 0 unspecified atom stereocenters. The molecule has 0 spiro atoms. The quantitative estimate of drug-likeness (QED) is 0.593. The van der Waals surface area contributed by atoms with E-state index in [-0.39, 0.29) is 4.91 Å². The summed E-state index contributed by atoms with van der Waals surface area (Å²) in [5.41, 5.74) is 0.683. The van der Waals surface area contributed by atoms with E-state index in [9.17, 15) is 9.90 Å². The number of nitrogens with zero attached hydrogens (tertiary/aromatic N) is 2. The van der Waals surface area contributed by atoms with Crippen LogP contribution in [-0.2, 0) is 4.79 Å². The number of methoxy groups -OCH3 is 1. The SMILES string of the molecule is CCOc1ccc(C=C(Sc2n[nH]c(C)n2)C(=O)O)cc1OC. The summed E-state index contributed by atoms with van der Waals surface area (Å²) in [7, 11) is 1.54. The second-order valence-corrected chi connectivity index (χ2v) is 5.47. The fourth-order valence-corrected chi connectivity index (χ4v) is 2.55. The minimum Gasteiger partial charge on any atom is -0.493 e. The molecule has 7 nitrogen and oxygen atoms in total. The van der Waals surface area contributed by atoms with Crippen molar-refractivity contribution in [2.75, 3.05) is 13.7 Å². The molecule has 0 aliphatic carbocycles. The molecular weight excluding hydrogens is 318 g/mol. The molecule has 122 valence electrons. The Hall–Kier alpha value is -2.48. The molecule has 0 aliphatic rings. The van der Waals surface area contributed by atoms with Crippen molar-refractivity contribution in [2.24, 2.45) is 0 Å². The second-order valence-electron chi connectivity index (χ2n) is 4.46. The van der Waals surface area contributed by atoms with E-state index in [2.05, 4.69) is 15.2 Å². The lowest BCUT2D eigenvalue weighted by Crippen LogP contribution is -1.98. The maximum atomic E-state index is 11.4. The van der Waals surface area contributed by atoms with Crippen molar-refractivity contribution in [2.45, 2.75) is 19.0 Å². The van der Waals surface area contributed by atoms with E-state index in [1.165, 1.54) is 13.2 Å². The van der Waals surface area contributed by atoms with Crippen LogP contribution in [0, 0.1) is 6.92 Å². The molecule has 1 aromatic carbocycles. The van der Waals surface area contributed by atoms with E-state index in [4.69, 9.17) is 9.47 Å². The van der Waals surface area contributed by atoms with Gasteiger partial charge in [0.05, 0.1) is 13.7 Å². The minimum atomic E-state index is -1.05. The van der Waals surface area contributed by atoms with Crippen molar-refractivity contribution < 1.29 is 19.4 Å². The fourth-order valence-electron chi connectivity index (χ4n) is 1.80. The van der Waals surface area contributed by atoms with Gasteiger partial charge in [-0.3, -0.25) is 5.10 Å². The van der Waals surface area contributed by atoms with Crippen molar-refractivity contribution in [1.29, 1.82) is 0 Å². The minimum absolute atomic E-state index is 0.107. The summed E-state index contributed by atoms with van der Waals surface area (Å²) in [4.78, 5) is 15.6. The van der Waals surface area contributed by atoms with E-state index in [1.807, 2.05) is 6.92 Å². The maximum Gasteiger partial charge on any atom is 0.342 e. The number of aromatic amines is 1. The number of aliphatic carboxylic acids is 1. The lowest BCUT2D eigenvalue weighted by molar-refractivity contribution is -0.131. The Labute approximate surface area is 137 Å². The van der Waals surface area contributed by atoms with Gasteiger partial charge < -0.3 is 14.6 Å². The molecule has 2 rings (SSSR count). The van der Waals surface area contributed by atoms with Gasteiger partial charge in [-0.1, -0.05) is 6.07 Å². The van der Waals surface area contributed by atoms with Gasteiger partial charge in [0.1, 0.15) is 10.7 Å². The number of carboxylic acids is 1. The van der Waals surface area contributed by atoms with Gasteiger partial charge in [0.25, 0.3) is 0 Å². The van der Waals surface area contributed by atoms with Crippen molar-refractivity contribution in [3.8, 4) is 11.5 Å². The number of aromatic nitrogens is 3. The third-order valence-corrected chi connectivity index (χ3v) is 3.65. The van der Waals surface area contributed by atoms with Crippen LogP contribution in [0.15, 0.2) is 28.3 Å². The van der Waals surface area contributed by atoms with Crippen LogP contribution in [-0.4, -0.2) is 40.0 Å². The van der Waals surface area contributed by atoms with Crippen molar-refractivity contribution >= 4 is 23.8 Å². The fraction of sp³-hybridized carbons (Fsp3) is 0.267. The van der Waals surface area contributed by atoms with Crippen LogP contribution in [0.3, 0.4) is 0 Å². The number of nitrogens with one attached hydrogen (secondary N) is 1. The number of benzene rings is 1. The first-order valence-corrected chi connectivity index (χ1v) is 7.67. The zero-order valence-corrected chi connectivity index (χ0v) is 13.8. The van der Waals surface area contributed by atoms with Crippen LogP contribution in [0.25, 0.3) is 6.08 Å². The summed E-state index contributed by atoms with van der Waals surface area (Å²) < 4.78 is 10.7. The standard InChI is InChI=1S/C15H17N3O4S/c1-4-22-11-6-5-10(7-12(11)21-3)8-13(14(19)20)23-15-16-9(2)17-18-15/h5-8H,4H2,1-3H3,(H,19,20)(H,16,17,18). The smallest absolute Gasteiger partial charge is 0.342 e. The predicted octanol–water partition coefficient (Wildman–Crippen LogP) is 2.74. The van der Waals surface area contributed by atoms with E-state index in [0.717, 1.165) is 11.8 Å². The van der Waals surface area contributed by atoms with Gasteiger partial charge in [0.15, 0.2) is 11.5 Å². The number of carbonyl (C=O) groups is 1. The average molecular weight is 335 g/mol. The summed E-state index contributed by atoms with van der Waals surface area (Å²) >= 11 is 0.976. The third-order valence-electron chi connectivity index (χ3n) is 2.77. The number of aryl methyl sites for hydroxylation is 1. The van der Waals surface area contributed by atoms with Crippen LogP contribution in [0.1, 0.15) is 18.3 Å². The zero-order valence-electron chi connectivity index (χ0n) is 13.0. The van der Waals surface area contributed by atoms with Gasteiger partial charge in [-0.05, 0) is 49.4 Å². The molecule has 0 aliphatic heterocycles. The van der Waals surface area contributed by atoms with Crippen LogP contribution >= 0.6 is 11.8 Å². The molecule has 1 heterocycles. The molecule has 0 bridgehead atoms. The van der Waals surface area contributed by atoms with Crippen molar-refractivity contribution in [3.05, 3.63) is 34.5 Å². The highest BCUT2D eigenvalue weighted by Crippen LogP contribution is 2.31. The van der Waals surface area contributed by atoms with Crippen LogP contribution in [0.4, 0.5) is 0 Å². The average Bonchev–Trinajstić information content (AvgIpc) is 2.93. The molecule has 8 heteroatoms. The van der Waals surface area contributed by atoms with Gasteiger partial charge in [0.2, 0.25) is 5.16 Å². The number of hydrogen-bond donors (Lipinski definition) is 2. The Morgan fingerprint density at radius 2 is 2.22 bits per heavy atom. The highest BCUT2D eigenvalue weighted by Gasteiger charge is 2.14. The van der Waals surface area contributed by atoms with Gasteiger partial charge in [0, 0.05) is 0 Å². The molecule has 2 N–H and O–H groups in total. The Kier molecular flexibility index (Phi) is 5.64. The number of carboxylic acid groups (broad SMARTS) is 1. The highest BCUT2D eigenvalue weighted by molar-refractivity contribution is 8.04. The number of H-pyrrole nitrogens is 1. The second kappa shape index (κ2) is 7.68. The summed E-state index contributed by atoms with van der Waals surface area (Å²) in [6, 6.07) is 5.23. The maximum absolute atomic E-state index is 11.4. The summed E-state index contributed by atoms with van der Waals surface area (Å²) in [5.74, 6) is 0.732. The van der Waals surface area contributed by atoms with E-state index < -0.39 is 5.97 Å². The lowest BCUT2D eigenvalue weighted by atomic mass is 10.2. The monoisotopic (exact) mass is 335 g/mol. The molecule has 0 saturated carbocycles. The third kappa shape index (κ3) is 4.49.